The van der Waals surface area contributed by atoms with Crippen molar-refractivity contribution in [2.75, 3.05) is 13.1 Å². The molecular formula is C22H27N. The van der Waals surface area contributed by atoms with Crippen LogP contribution in [0.5, 0.6) is 0 Å². The van der Waals surface area contributed by atoms with E-state index < -0.39 is 0 Å². The summed E-state index contributed by atoms with van der Waals surface area (Å²) in [5, 5.41) is 0. The Hall–Kier alpha value is -1.60. The normalized spacial score (nSPS) is 21.4. The highest BCUT2D eigenvalue weighted by Crippen LogP contribution is 2.31. The van der Waals surface area contributed by atoms with E-state index in [1.54, 1.807) is 11.1 Å². The molecule has 2 aliphatic rings. The average Bonchev–Trinajstić information content (AvgIpc) is 3.07. The van der Waals surface area contributed by atoms with E-state index in [1.165, 1.54) is 67.4 Å². The van der Waals surface area contributed by atoms with Crippen LogP contribution in [0.1, 0.15) is 41.5 Å². The highest BCUT2D eigenvalue weighted by Gasteiger charge is 2.26. The third-order valence-corrected chi connectivity index (χ3v) is 5.62. The molecule has 1 fully saturated rings. The molecule has 1 aliphatic heterocycles. The maximum absolute atomic E-state index is 2.72. The molecule has 1 unspecified atom stereocenters. The predicted molar refractivity (Wildman–Crippen MR) is 98.0 cm³/mol. The zero-order valence-electron chi connectivity index (χ0n) is 14.4. The topological polar surface area (TPSA) is 3.24 Å². The molecule has 0 spiro atoms. The zero-order valence-corrected chi connectivity index (χ0v) is 14.4. The fourth-order valence-corrected chi connectivity index (χ4v) is 4.48. The number of aryl methyl sites for hydroxylation is 3. The average molecular weight is 305 g/mol. The molecule has 0 N–H and O–H groups in total. The van der Waals surface area contributed by atoms with Crippen LogP contribution in [-0.2, 0) is 12.8 Å². The van der Waals surface area contributed by atoms with Gasteiger partial charge in [0.05, 0.1) is 0 Å². The summed E-state index contributed by atoms with van der Waals surface area (Å²) < 4.78 is 0. The van der Waals surface area contributed by atoms with Crippen LogP contribution in [0.25, 0.3) is 11.1 Å². The molecule has 1 nitrogen and oxygen atoms in total. The molecule has 2 aromatic rings. The fraction of sp³-hybridized carbons (Fsp3) is 0.455. The van der Waals surface area contributed by atoms with Gasteiger partial charge in [-0.25, -0.2) is 0 Å². The Morgan fingerprint density at radius 2 is 1.57 bits per heavy atom. The second-order valence-corrected chi connectivity index (χ2v) is 7.50. The Morgan fingerprint density at radius 1 is 0.826 bits per heavy atom. The molecule has 1 heteroatoms. The molecule has 1 heterocycles. The predicted octanol–water partition coefficient (Wildman–Crippen LogP) is 4.92. The van der Waals surface area contributed by atoms with E-state index in [9.17, 15) is 0 Å². The van der Waals surface area contributed by atoms with Gasteiger partial charge in [-0.15, -0.1) is 0 Å². The highest BCUT2D eigenvalue weighted by molar-refractivity contribution is 5.66. The van der Waals surface area contributed by atoms with E-state index in [-0.39, 0.29) is 0 Å². The fourth-order valence-electron chi connectivity index (χ4n) is 4.48. The Bertz CT molecular complexity index is 690. The Balaban J connectivity index is 1.60. The van der Waals surface area contributed by atoms with Gasteiger partial charge in [-0.05, 0) is 81.3 Å². The summed E-state index contributed by atoms with van der Waals surface area (Å²) in [5.74, 6) is 0. The molecule has 0 radical (unpaired) electrons. The lowest BCUT2D eigenvalue weighted by Gasteiger charge is -2.32. The van der Waals surface area contributed by atoms with Gasteiger partial charge in [-0.1, -0.05) is 47.5 Å². The van der Waals surface area contributed by atoms with Gasteiger partial charge < -0.3 is 4.90 Å². The van der Waals surface area contributed by atoms with Gasteiger partial charge in [0.25, 0.3) is 0 Å². The molecular weight excluding hydrogens is 278 g/mol. The highest BCUT2D eigenvalue weighted by atomic mass is 15.2. The summed E-state index contributed by atoms with van der Waals surface area (Å²) in [4.78, 5) is 2.72. The van der Waals surface area contributed by atoms with Crippen LogP contribution in [0.2, 0.25) is 0 Å². The molecule has 120 valence electrons. The van der Waals surface area contributed by atoms with Crippen molar-refractivity contribution >= 4 is 0 Å². The van der Waals surface area contributed by atoms with E-state index in [0.717, 1.165) is 6.04 Å². The lowest BCUT2D eigenvalue weighted by Crippen LogP contribution is -2.37. The first-order valence-corrected chi connectivity index (χ1v) is 9.13. The van der Waals surface area contributed by atoms with Crippen molar-refractivity contribution in [3.8, 4) is 11.1 Å². The maximum Gasteiger partial charge on any atom is 0.0139 e. The van der Waals surface area contributed by atoms with Crippen LogP contribution in [-0.4, -0.2) is 24.0 Å². The minimum Gasteiger partial charge on any atom is -0.300 e. The number of rotatable bonds is 2. The summed E-state index contributed by atoms with van der Waals surface area (Å²) in [6, 6.07) is 14.8. The van der Waals surface area contributed by atoms with Crippen LogP contribution in [0, 0.1) is 13.8 Å². The maximum atomic E-state index is 2.72. The zero-order chi connectivity index (χ0) is 15.8. The van der Waals surface area contributed by atoms with Crippen LogP contribution in [0.15, 0.2) is 36.4 Å². The summed E-state index contributed by atoms with van der Waals surface area (Å²) >= 11 is 0. The summed E-state index contributed by atoms with van der Waals surface area (Å²) in [6.07, 6.45) is 6.63. The molecule has 0 aromatic heterocycles. The van der Waals surface area contributed by atoms with Gasteiger partial charge in [0, 0.05) is 6.04 Å². The lowest BCUT2D eigenvalue weighted by atomic mass is 9.85. The van der Waals surface area contributed by atoms with Crippen molar-refractivity contribution in [3.63, 3.8) is 0 Å². The molecule has 1 saturated heterocycles. The first kappa shape index (κ1) is 15.0. The van der Waals surface area contributed by atoms with Crippen molar-refractivity contribution in [3.05, 3.63) is 58.7 Å². The van der Waals surface area contributed by atoms with Crippen molar-refractivity contribution in [2.24, 2.45) is 0 Å². The van der Waals surface area contributed by atoms with Crippen molar-refractivity contribution < 1.29 is 0 Å². The van der Waals surface area contributed by atoms with E-state index in [1.807, 2.05) is 0 Å². The monoisotopic (exact) mass is 305 g/mol. The second-order valence-electron chi connectivity index (χ2n) is 7.50. The molecule has 2 aromatic carbocycles. The van der Waals surface area contributed by atoms with Crippen molar-refractivity contribution in [1.29, 1.82) is 0 Å². The molecule has 0 bridgehead atoms. The van der Waals surface area contributed by atoms with Gasteiger partial charge >= 0.3 is 0 Å². The van der Waals surface area contributed by atoms with Crippen molar-refractivity contribution in [1.82, 2.24) is 4.90 Å². The SMILES string of the molecule is Cc1cc(C)cc(-c2ccc3c(c2)CCC(N2CCCC2)C3)c1. The molecule has 0 amide bonds. The molecule has 0 saturated carbocycles. The Labute approximate surface area is 140 Å². The molecule has 23 heavy (non-hydrogen) atoms. The van der Waals surface area contributed by atoms with Crippen LogP contribution in [0.4, 0.5) is 0 Å². The number of likely N-dealkylation sites (tertiary alicyclic amines) is 1. The molecule has 1 atom stereocenters. The van der Waals surface area contributed by atoms with Gasteiger partial charge in [-0.3, -0.25) is 0 Å². The van der Waals surface area contributed by atoms with Crippen molar-refractivity contribution in [2.45, 2.75) is 52.0 Å². The van der Waals surface area contributed by atoms with Gasteiger partial charge in [0.2, 0.25) is 0 Å². The van der Waals surface area contributed by atoms with Crippen LogP contribution < -0.4 is 0 Å². The number of nitrogens with zero attached hydrogens (tertiary/aromatic N) is 1. The molecule has 1 aliphatic carbocycles. The van der Waals surface area contributed by atoms with Gasteiger partial charge in [-0.2, -0.15) is 0 Å². The largest absolute Gasteiger partial charge is 0.300 e. The first-order chi connectivity index (χ1) is 11.2. The third kappa shape index (κ3) is 3.07. The Kier molecular flexibility index (Phi) is 3.98. The standard InChI is InChI=1S/C22H27N/c1-16-11-17(2)13-21(12-16)19-5-6-20-15-22(8-7-18(20)14-19)23-9-3-4-10-23/h5-6,11-14,22H,3-4,7-10,15H2,1-2H3. The third-order valence-electron chi connectivity index (χ3n) is 5.62. The Morgan fingerprint density at radius 3 is 2.30 bits per heavy atom. The van der Waals surface area contributed by atoms with E-state index in [0.29, 0.717) is 0 Å². The van der Waals surface area contributed by atoms with E-state index in [4.69, 9.17) is 0 Å². The number of hydrogen-bond acceptors (Lipinski definition) is 1. The summed E-state index contributed by atoms with van der Waals surface area (Å²) in [5.41, 5.74) is 8.62. The number of fused-ring (bicyclic) bond motifs is 1. The lowest BCUT2D eigenvalue weighted by molar-refractivity contribution is 0.222. The second kappa shape index (κ2) is 6.13. The first-order valence-electron chi connectivity index (χ1n) is 9.13. The summed E-state index contributed by atoms with van der Waals surface area (Å²) in [6.45, 7) is 7.02. The minimum absolute atomic E-state index is 0.789. The van der Waals surface area contributed by atoms with E-state index in [2.05, 4.69) is 55.1 Å². The van der Waals surface area contributed by atoms with E-state index >= 15 is 0 Å². The van der Waals surface area contributed by atoms with Crippen LogP contribution in [0.3, 0.4) is 0 Å². The smallest absolute Gasteiger partial charge is 0.0139 e. The number of benzene rings is 2. The number of hydrogen-bond donors (Lipinski definition) is 0. The quantitative estimate of drug-likeness (QED) is 0.761. The summed E-state index contributed by atoms with van der Waals surface area (Å²) in [7, 11) is 0. The van der Waals surface area contributed by atoms with Gasteiger partial charge in [0.15, 0.2) is 0 Å². The molecule has 4 rings (SSSR count). The van der Waals surface area contributed by atoms with Gasteiger partial charge in [0.1, 0.15) is 0 Å². The van der Waals surface area contributed by atoms with Crippen LogP contribution >= 0.6 is 0 Å². The minimum atomic E-state index is 0.789.